The van der Waals surface area contributed by atoms with E-state index >= 15 is 0 Å². The monoisotopic (exact) mass is 317 g/mol. The highest BCUT2D eigenvalue weighted by molar-refractivity contribution is 5.78. The normalized spacial score (nSPS) is 10.3. The van der Waals surface area contributed by atoms with Gasteiger partial charge in [0.1, 0.15) is 5.75 Å². The number of phenolic OH excluding ortho intramolecular Hbond substituents is 1. The van der Waals surface area contributed by atoms with E-state index in [9.17, 15) is 9.90 Å². The number of hydrogen-bond donors (Lipinski definition) is 2. The second kappa shape index (κ2) is 7.47. The van der Waals surface area contributed by atoms with Crippen LogP contribution in [0.25, 0.3) is 11.1 Å². The quantitative estimate of drug-likeness (QED) is 0.749. The number of carbonyl (C=O) groups is 1. The van der Waals surface area contributed by atoms with Crippen LogP contribution in [0.1, 0.15) is 11.1 Å². The maximum atomic E-state index is 12.0. The lowest BCUT2D eigenvalue weighted by Gasteiger charge is -2.07. The van der Waals surface area contributed by atoms with Gasteiger partial charge in [0, 0.05) is 6.54 Å². The zero-order chi connectivity index (χ0) is 16.8. The molecule has 120 valence electrons. The van der Waals surface area contributed by atoms with Gasteiger partial charge in [-0.2, -0.15) is 0 Å². The highest BCUT2D eigenvalue weighted by Gasteiger charge is 2.03. The Balaban J connectivity index is 1.56. The second-order valence-electron chi connectivity index (χ2n) is 5.68. The SMILES string of the molecule is O=C(Cc1ccccc1)NCc1ccc(-c2ccc(O)cc2)cc1. The van der Waals surface area contributed by atoms with Gasteiger partial charge in [0.2, 0.25) is 5.91 Å². The minimum Gasteiger partial charge on any atom is -0.508 e. The molecule has 0 aliphatic heterocycles. The first-order valence-electron chi connectivity index (χ1n) is 7.90. The van der Waals surface area contributed by atoms with Crippen molar-refractivity contribution in [3.63, 3.8) is 0 Å². The Morgan fingerprint density at radius 1 is 0.750 bits per heavy atom. The molecule has 0 aliphatic carbocycles. The fraction of sp³-hybridized carbons (Fsp3) is 0.0952. The molecule has 0 unspecified atom stereocenters. The van der Waals surface area contributed by atoms with Crippen molar-refractivity contribution in [1.29, 1.82) is 0 Å². The smallest absolute Gasteiger partial charge is 0.224 e. The third-order valence-electron chi connectivity index (χ3n) is 3.85. The van der Waals surface area contributed by atoms with Crippen LogP contribution in [-0.4, -0.2) is 11.0 Å². The summed E-state index contributed by atoms with van der Waals surface area (Å²) in [6.45, 7) is 0.515. The average molecular weight is 317 g/mol. The molecule has 3 nitrogen and oxygen atoms in total. The van der Waals surface area contributed by atoms with E-state index in [4.69, 9.17) is 0 Å². The number of aromatic hydroxyl groups is 1. The number of amides is 1. The van der Waals surface area contributed by atoms with Gasteiger partial charge in [0.15, 0.2) is 0 Å². The number of benzene rings is 3. The van der Waals surface area contributed by atoms with E-state index in [1.807, 2.05) is 66.7 Å². The first-order chi connectivity index (χ1) is 11.7. The molecule has 0 aliphatic rings. The van der Waals surface area contributed by atoms with Crippen LogP contribution in [-0.2, 0) is 17.8 Å². The molecule has 0 spiro atoms. The third-order valence-corrected chi connectivity index (χ3v) is 3.85. The summed E-state index contributed by atoms with van der Waals surface area (Å²) in [6, 6.07) is 24.9. The average Bonchev–Trinajstić information content (AvgIpc) is 2.62. The summed E-state index contributed by atoms with van der Waals surface area (Å²) < 4.78 is 0. The number of carbonyl (C=O) groups excluding carboxylic acids is 1. The van der Waals surface area contributed by atoms with Crippen LogP contribution in [0.3, 0.4) is 0 Å². The standard InChI is InChI=1S/C21H19NO2/c23-20-12-10-19(11-13-20)18-8-6-17(7-9-18)15-22-21(24)14-16-4-2-1-3-5-16/h1-13,23H,14-15H2,(H,22,24). The van der Waals surface area contributed by atoms with Crippen molar-refractivity contribution in [2.75, 3.05) is 0 Å². The summed E-state index contributed by atoms with van der Waals surface area (Å²) in [5.41, 5.74) is 4.19. The topological polar surface area (TPSA) is 49.3 Å². The summed E-state index contributed by atoms with van der Waals surface area (Å²) in [5.74, 6) is 0.278. The summed E-state index contributed by atoms with van der Waals surface area (Å²) in [7, 11) is 0. The zero-order valence-electron chi connectivity index (χ0n) is 13.3. The molecule has 3 aromatic rings. The highest BCUT2D eigenvalue weighted by atomic mass is 16.3. The minimum atomic E-state index is 0.0174. The van der Waals surface area contributed by atoms with Gasteiger partial charge in [-0.15, -0.1) is 0 Å². The van der Waals surface area contributed by atoms with Crippen LogP contribution in [0.5, 0.6) is 5.75 Å². The molecule has 0 saturated carbocycles. The third kappa shape index (κ3) is 4.23. The largest absolute Gasteiger partial charge is 0.508 e. The van der Waals surface area contributed by atoms with Gasteiger partial charge < -0.3 is 10.4 Å². The van der Waals surface area contributed by atoms with Crippen LogP contribution < -0.4 is 5.32 Å². The van der Waals surface area contributed by atoms with Crippen LogP contribution in [0.2, 0.25) is 0 Å². The van der Waals surface area contributed by atoms with E-state index in [0.29, 0.717) is 13.0 Å². The Bertz CT molecular complexity index is 794. The summed E-state index contributed by atoms with van der Waals surface area (Å²) in [6.07, 6.45) is 0.395. The molecule has 1 amide bonds. The predicted octanol–water partition coefficient (Wildman–Crippen LogP) is 3.92. The van der Waals surface area contributed by atoms with Gasteiger partial charge in [0.05, 0.1) is 6.42 Å². The molecule has 0 saturated heterocycles. The first-order valence-corrected chi connectivity index (χ1v) is 7.90. The Labute approximate surface area is 141 Å². The highest BCUT2D eigenvalue weighted by Crippen LogP contribution is 2.22. The van der Waals surface area contributed by atoms with Gasteiger partial charge in [-0.25, -0.2) is 0 Å². The van der Waals surface area contributed by atoms with Gasteiger partial charge >= 0.3 is 0 Å². The van der Waals surface area contributed by atoms with E-state index in [1.165, 1.54) is 0 Å². The molecule has 3 heteroatoms. The van der Waals surface area contributed by atoms with Gasteiger partial charge in [-0.3, -0.25) is 4.79 Å². The summed E-state index contributed by atoms with van der Waals surface area (Å²) in [4.78, 5) is 12.0. The molecule has 3 aromatic carbocycles. The molecule has 0 radical (unpaired) electrons. The van der Waals surface area contributed by atoms with Crippen LogP contribution in [0.4, 0.5) is 0 Å². The zero-order valence-corrected chi connectivity index (χ0v) is 13.3. The number of phenols is 1. The fourth-order valence-electron chi connectivity index (χ4n) is 2.51. The van der Waals surface area contributed by atoms with Crippen LogP contribution >= 0.6 is 0 Å². The Hall–Kier alpha value is -3.07. The molecule has 2 N–H and O–H groups in total. The van der Waals surface area contributed by atoms with Crippen molar-refractivity contribution in [3.05, 3.63) is 90.0 Å². The van der Waals surface area contributed by atoms with Crippen molar-refractivity contribution in [2.24, 2.45) is 0 Å². The van der Waals surface area contributed by atoms with Crippen molar-refractivity contribution in [3.8, 4) is 16.9 Å². The van der Waals surface area contributed by atoms with E-state index < -0.39 is 0 Å². The maximum absolute atomic E-state index is 12.0. The van der Waals surface area contributed by atoms with Gasteiger partial charge in [0.25, 0.3) is 0 Å². The van der Waals surface area contributed by atoms with Crippen molar-refractivity contribution >= 4 is 5.91 Å². The lowest BCUT2D eigenvalue weighted by molar-refractivity contribution is -0.120. The second-order valence-corrected chi connectivity index (χ2v) is 5.68. The van der Waals surface area contributed by atoms with Crippen LogP contribution in [0, 0.1) is 0 Å². The summed E-state index contributed by atoms with van der Waals surface area (Å²) in [5, 5.41) is 12.3. The minimum absolute atomic E-state index is 0.0174. The molecular weight excluding hydrogens is 298 g/mol. The molecule has 24 heavy (non-hydrogen) atoms. The van der Waals surface area contributed by atoms with Crippen molar-refractivity contribution < 1.29 is 9.90 Å². The molecular formula is C21H19NO2. The van der Waals surface area contributed by atoms with E-state index in [-0.39, 0.29) is 11.7 Å². The Morgan fingerprint density at radius 3 is 1.96 bits per heavy atom. The van der Waals surface area contributed by atoms with E-state index in [1.54, 1.807) is 12.1 Å². The summed E-state index contributed by atoms with van der Waals surface area (Å²) >= 11 is 0. The van der Waals surface area contributed by atoms with Crippen molar-refractivity contribution in [2.45, 2.75) is 13.0 Å². The Kier molecular flexibility index (Phi) is 4.92. The lowest BCUT2D eigenvalue weighted by Crippen LogP contribution is -2.24. The molecule has 0 heterocycles. The molecule has 0 aromatic heterocycles. The van der Waals surface area contributed by atoms with Crippen LogP contribution in [0.15, 0.2) is 78.9 Å². The van der Waals surface area contributed by atoms with Gasteiger partial charge in [-0.05, 0) is 34.4 Å². The lowest BCUT2D eigenvalue weighted by atomic mass is 10.0. The van der Waals surface area contributed by atoms with E-state index in [0.717, 1.165) is 22.3 Å². The van der Waals surface area contributed by atoms with Crippen molar-refractivity contribution in [1.82, 2.24) is 5.32 Å². The number of nitrogens with one attached hydrogen (secondary N) is 1. The number of hydrogen-bond acceptors (Lipinski definition) is 2. The predicted molar refractivity (Wildman–Crippen MR) is 95.5 cm³/mol. The molecule has 0 atom stereocenters. The molecule has 0 bridgehead atoms. The van der Waals surface area contributed by atoms with E-state index in [2.05, 4.69) is 5.32 Å². The first kappa shape index (κ1) is 15.8. The molecule has 3 rings (SSSR count). The fourth-order valence-corrected chi connectivity index (χ4v) is 2.51. The van der Waals surface area contributed by atoms with Gasteiger partial charge in [-0.1, -0.05) is 66.7 Å². The Morgan fingerprint density at radius 2 is 1.33 bits per heavy atom. The number of rotatable bonds is 5. The maximum Gasteiger partial charge on any atom is 0.224 e. The molecule has 0 fully saturated rings.